The van der Waals surface area contributed by atoms with E-state index in [9.17, 15) is 4.79 Å². The molecule has 19 heavy (non-hydrogen) atoms. The maximum Gasteiger partial charge on any atom is 0.267 e. The van der Waals surface area contributed by atoms with Gasteiger partial charge in [0.25, 0.3) is 5.56 Å². The van der Waals surface area contributed by atoms with Gasteiger partial charge >= 0.3 is 0 Å². The van der Waals surface area contributed by atoms with E-state index in [1.54, 1.807) is 6.07 Å². The van der Waals surface area contributed by atoms with Crippen molar-refractivity contribution in [3.05, 3.63) is 63.6 Å². The van der Waals surface area contributed by atoms with Gasteiger partial charge in [0.2, 0.25) is 0 Å². The highest BCUT2D eigenvalue weighted by Gasteiger charge is 1.99. The van der Waals surface area contributed by atoms with Gasteiger partial charge in [-0.05, 0) is 30.7 Å². The van der Waals surface area contributed by atoms with Crippen molar-refractivity contribution in [2.24, 2.45) is 0 Å². The zero-order valence-corrected chi connectivity index (χ0v) is 10.6. The SMILES string of the molecule is Cc1ccc(=O)n(Cc2ccc(C#CCO)cc2)n1. The number of aromatic nitrogens is 2. The molecule has 0 aliphatic heterocycles. The highest BCUT2D eigenvalue weighted by molar-refractivity contribution is 5.36. The molecule has 0 saturated heterocycles. The molecule has 0 spiro atoms. The number of benzene rings is 1. The normalized spacial score (nSPS) is 9.79. The Kier molecular flexibility index (Phi) is 4.11. The summed E-state index contributed by atoms with van der Waals surface area (Å²) in [7, 11) is 0. The zero-order valence-electron chi connectivity index (χ0n) is 10.6. The van der Waals surface area contributed by atoms with Crippen molar-refractivity contribution in [3.8, 4) is 11.8 Å². The van der Waals surface area contributed by atoms with Crippen molar-refractivity contribution in [2.45, 2.75) is 13.5 Å². The van der Waals surface area contributed by atoms with Gasteiger partial charge in [-0.3, -0.25) is 4.79 Å². The van der Waals surface area contributed by atoms with E-state index in [1.165, 1.54) is 10.7 Å². The molecule has 4 nitrogen and oxygen atoms in total. The number of hydrogen-bond donors (Lipinski definition) is 1. The van der Waals surface area contributed by atoms with Crippen LogP contribution in [-0.4, -0.2) is 21.5 Å². The molecule has 96 valence electrons. The van der Waals surface area contributed by atoms with Gasteiger partial charge in [-0.1, -0.05) is 24.0 Å². The number of nitrogens with zero attached hydrogens (tertiary/aromatic N) is 2. The van der Waals surface area contributed by atoms with Gasteiger partial charge < -0.3 is 5.11 Å². The molecule has 0 saturated carbocycles. The molecule has 2 aromatic rings. The van der Waals surface area contributed by atoms with Crippen LogP contribution in [0.4, 0.5) is 0 Å². The second kappa shape index (κ2) is 5.98. The molecule has 0 unspecified atom stereocenters. The Balaban J connectivity index is 2.20. The number of rotatable bonds is 2. The molecule has 0 radical (unpaired) electrons. The van der Waals surface area contributed by atoms with Crippen LogP contribution in [-0.2, 0) is 6.54 Å². The number of aliphatic hydroxyl groups excluding tert-OH is 1. The van der Waals surface area contributed by atoms with Crippen molar-refractivity contribution in [3.63, 3.8) is 0 Å². The van der Waals surface area contributed by atoms with E-state index in [1.807, 2.05) is 31.2 Å². The largest absolute Gasteiger partial charge is 0.384 e. The highest BCUT2D eigenvalue weighted by atomic mass is 16.2. The van der Waals surface area contributed by atoms with Gasteiger partial charge in [0, 0.05) is 11.6 Å². The minimum absolute atomic E-state index is 0.116. The van der Waals surface area contributed by atoms with Gasteiger partial charge in [-0.25, -0.2) is 4.68 Å². The molecule has 0 aliphatic carbocycles. The summed E-state index contributed by atoms with van der Waals surface area (Å²) in [5.41, 5.74) is 2.51. The summed E-state index contributed by atoms with van der Waals surface area (Å²) in [6, 6.07) is 10.7. The summed E-state index contributed by atoms with van der Waals surface area (Å²) < 4.78 is 1.43. The standard InChI is InChI=1S/C15H14N2O2/c1-12-4-9-15(19)17(16-12)11-14-7-5-13(6-8-14)3-2-10-18/h4-9,18H,10-11H2,1H3. The van der Waals surface area contributed by atoms with Crippen LogP contribution in [0.15, 0.2) is 41.2 Å². The molecule has 0 atom stereocenters. The number of hydrogen-bond acceptors (Lipinski definition) is 3. The summed E-state index contributed by atoms with van der Waals surface area (Å²) in [5.74, 6) is 5.41. The minimum atomic E-state index is -0.148. The van der Waals surface area contributed by atoms with Crippen LogP contribution in [0.1, 0.15) is 16.8 Å². The molecule has 0 aliphatic rings. The third-order valence-corrected chi connectivity index (χ3v) is 2.60. The molecule has 0 amide bonds. The van der Waals surface area contributed by atoms with Crippen molar-refractivity contribution in [1.29, 1.82) is 0 Å². The van der Waals surface area contributed by atoms with Crippen LogP contribution in [0.3, 0.4) is 0 Å². The van der Waals surface area contributed by atoms with E-state index >= 15 is 0 Å². The summed E-state index contributed by atoms with van der Waals surface area (Å²) in [4.78, 5) is 11.6. The highest BCUT2D eigenvalue weighted by Crippen LogP contribution is 2.04. The van der Waals surface area contributed by atoms with Gasteiger partial charge in [-0.15, -0.1) is 0 Å². The molecule has 0 fully saturated rings. The summed E-state index contributed by atoms with van der Waals surface area (Å²) in [6.07, 6.45) is 0. The zero-order chi connectivity index (χ0) is 13.7. The summed E-state index contributed by atoms with van der Waals surface area (Å²) >= 11 is 0. The van der Waals surface area contributed by atoms with Crippen LogP contribution < -0.4 is 5.56 Å². The van der Waals surface area contributed by atoms with E-state index in [4.69, 9.17) is 5.11 Å². The number of aryl methyl sites for hydroxylation is 1. The maximum absolute atomic E-state index is 11.6. The molecular formula is C15H14N2O2. The lowest BCUT2D eigenvalue weighted by atomic mass is 10.1. The topological polar surface area (TPSA) is 55.1 Å². The smallest absolute Gasteiger partial charge is 0.267 e. The Bertz CT molecular complexity index is 676. The van der Waals surface area contributed by atoms with E-state index in [-0.39, 0.29) is 12.2 Å². The first kappa shape index (κ1) is 13.1. The molecule has 1 heterocycles. The predicted octanol–water partition coefficient (Wildman–Crippen LogP) is 0.944. The van der Waals surface area contributed by atoms with Crippen LogP contribution in [0.5, 0.6) is 0 Å². The first-order valence-electron chi connectivity index (χ1n) is 5.92. The molecule has 0 bridgehead atoms. The van der Waals surface area contributed by atoms with E-state index in [2.05, 4.69) is 16.9 Å². The Labute approximate surface area is 111 Å². The van der Waals surface area contributed by atoms with E-state index in [0.717, 1.165) is 16.8 Å². The van der Waals surface area contributed by atoms with E-state index in [0.29, 0.717) is 6.54 Å². The van der Waals surface area contributed by atoms with Gasteiger partial charge in [0.15, 0.2) is 0 Å². The number of aliphatic hydroxyl groups is 1. The second-order valence-corrected chi connectivity index (χ2v) is 4.13. The van der Waals surface area contributed by atoms with E-state index < -0.39 is 0 Å². The fraction of sp³-hybridized carbons (Fsp3) is 0.200. The van der Waals surface area contributed by atoms with Crippen LogP contribution >= 0.6 is 0 Å². The lowest BCUT2D eigenvalue weighted by Gasteiger charge is -2.05. The Morgan fingerprint density at radius 1 is 1.21 bits per heavy atom. The van der Waals surface area contributed by atoms with Gasteiger partial charge in [0.05, 0.1) is 12.2 Å². The summed E-state index contributed by atoms with van der Waals surface area (Å²) in [6.45, 7) is 2.14. The van der Waals surface area contributed by atoms with Gasteiger partial charge in [-0.2, -0.15) is 5.10 Å². The Morgan fingerprint density at radius 3 is 2.63 bits per heavy atom. The third kappa shape index (κ3) is 3.54. The average molecular weight is 254 g/mol. The Hall–Kier alpha value is -2.38. The first-order chi connectivity index (χ1) is 9.19. The Morgan fingerprint density at radius 2 is 1.95 bits per heavy atom. The predicted molar refractivity (Wildman–Crippen MR) is 72.7 cm³/mol. The molecule has 4 heteroatoms. The molecule has 2 rings (SSSR count). The van der Waals surface area contributed by atoms with Crippen LogP contribution in [0.2, 0.25) is 0 Å². The van der Waals surface area contributed by atoms with Crippen molar-refractivity contribution in [2.75, 3.05) is 6.61 Å². The van der Waals surface area contributed by atoms with Crippen molar-refractivity contribution < 1.29 is 5.11 Å². The molecular weight excluding hydrogens is 240 g/mol. The maximum atomic E-state index is 11.6. The van der Waals surface area contributed by atoms with Crippen LogP contribution in [0, 0.1) is 18.8 Å². The van der Waals surface area contributed by atoms with Crippen molar-refractivity contribution in [1.82, 2.24) is 9.78 Å². The van der Waals surface area contributed by atoms with Gasteiger partial charge in [0.1, 0.15) is 6.61 Å². The quantitative estimate of drug-likeness (QED) is 0.812. The monoisotopic (exact) mass is 254 g/mol. The minimum Gasteiger partial charge on any atom is -0.384 e. The lowest BCUT2D eigenvalue weighted by Crippen LogP contribution is -2.22. The molecule has 1 aromatic heterocycles. The average Bonchev–Trinajstić information content (AvgIpc) is 2.42. The lowest BCUT2D eigenvalue weighted by molar-refractivity contribution is 0.350. The molecule has 1 aromatic carbocycles. The molecule has 1 N–H and O–H groups in total. The summed E-state index contributed by atoms with van der Waals surface area (Å²) in [5, 5.41) is 12.8. The fourth-order valence-corrected chi connectivity index (χ4v) is 1.67. The third-order valence-electron chi connectivity index (χ3n) is 2.60. The fourth-order valence-electron chi connectivity index (χ4n) is 1.67. The second-order valence-electron chi connectivity index (χ2n) is 4.13. The van der Waals surface area contributed by atoms with Crippen molar-refractivity contribution >= 4 is 0 Å². The van der Waals surface area contributed by atoms with Crippen LogP contribution in [0.25, 0.3) is 0 Å². The first-order valence-corrected chi connectivity index (χ1v) is 5.92.